The van der Waals surface area contributed by atoms with E-state index >= 15 is 0 Å². The van der Waals surface area contributed by atoms with Gasteiger partial charge in [-0.2, -0.15) is 0 Å². The Morgan fingerprint density at radius 1 is 1.46 bits per heavy atom. The monoisotopic (exact) mass is 180 g/mol. The van der Waals surface area contributed by atoms with Crippen LogP contribution in [0.4, 0.5) is 0 Å². The van der Waals surface area contributed by atoms with Crippen LogP contribution < -0.4 is 5.32 Å². The number of hydrogen-bond acceptors (Lipinski definition) is 2. The summed E-state index contributed by atoms with van der Waals surface area (Å²) in [5.41, 5.74) is 0. The van der Waals surface area contributed by atoms with Crippen molar-refractivity contribution in [1.29, 1.82) is 0 Å². The van der Waals surface area contributed by atoms with Crippen LogP contribution in [-0.4, -0.2) is 25.0 Å². The van der Waals surface area contributed by atoms with Crippen molar-refractivity contribution < 1.29 is 0 Å². The van der Waals surface area contributed by atoms with Crippen molar-refractivity contribution in [2.75, 3.05) is 20.1 Å². The van der Waals surface area contributed by atoms with E-state index in [9.17, 15) is 0 Å². The third kappa shape index (κ3) is 8.73. The zero-order chi connectivity index (χ0) is 9.94. The minimum Gasteiger partial charge on any atom is -0.390 e. The maximum atomic E-state index is 3.61. The van der Waals surface area contributed by atoms with Crippen LogP contribution in [0.15, 0.2) is 37.2 Å². The van der Waals surface area contributed by atoms with Gasteiger partial charge in [0.05, 0.1) is 0 Å². The molecule has 0 spiro atoms. The molecule has 0 bridgehead atoms. The van der Waals surface area contributed by atoms with Gasteiger partial charge in [-0.1, -0.05) is 31.7 Å². The molecule has 0 aromatic rings. The molecule has 0 aliphatic heterocycles. The summed E-state index contributed by atoms with van der Waals surface area (Å²) in [7, 11) is 2.04. The molecular weight excluding hydrogens is 160 g/mol. The first-order chi connectivity index (χ1) is 6.31. The van der Waals surface area contributed by atoms with Gasteiger partial charge < -0.3 is 10.2 Å². The summed E-state index contributed by atoms with van der Waals surface area (Å²) >= 11 is 0. The van der Waals surface area contributed by atoms with Crippen molar-refractivity contribution in [3.05, 3.63) is 37.2 Å². The quantitative estimate of drug-likeness (QED) is 0.477. The highest BCUT2D eigenvalue weighted by molar-refractivity contribution is 4.99. The van der Waals surface area contributed by atoms with E-state index in [0.717, 1.165) is 19.5 Å². The Hall–Kier alpha value is -1.18. The molecule has 0 radical (unpaired) electrons. The van der Waals surface area contributed by atoms with Gasteiger partial charge in [-0.3, -0.25) is 0 Å². The Labute approximate surface area is 81.6 Å². The molecule has 0 aliphatic carbocycles. The summed E-state index contributed by atoms with van der Waals surface area (Å²) in [5.74, 6) is 0. The van der Waals surface area contributed by atoms with Crippen molar-refractivity contribution in [3.8, 4) is 0 Å². The Morgan fingerprint density at radius 2 is 2.23 bits per heavy atom. The van der Waals surface area contributed by atoms with E-state index in [4.69, 9.17) is 0 Å². The van der Waals surface area contributed by atoms with Crippen LogP contribution in [0.2, 0.25) is 0 Å². The maximum absolute atomic E-state index is 3.61. The largest absolute Gasteiger partial charge is 0.390 e. The lowest BCUT2D eigenvalue weighted by molar-refractivity contribution is 0.505. The first kappa shape index (κ1) is 11.8. The fraction of sp³-hybridized carbons (Fsp3) is 0.455. The SMILES string of the molecule is C=C/C=C\CN(C)/C=C\NCCC. The van der Waals surface area contributed by atoms with Gasteiger partial charge >= 0.3 is 0 Å². The molecule has 0 unspecified atom stereocenters. The predicted octanol–water partition coefficient (Wildman–Crippen LogP) is 2.13. The van der Waals surface area contributed by atoms with Crippen molar-refractivity contribution >= 4 is 0 Å². The summed E-state index contributed by atoms with van der Waals surface area (Å²) in [6, 6.07) is 0. The average Bonchev–Trinajstić information content (AvgIpc) is 2.13. The lowest BCUT2D eigenvalue weighted by atomic mass is 10.4. The Balaban J connectivity index is 3.48. The zero-order valence-electron chi connectivity index (χ0n) is 8.66. The molecule has 0 aromatic heterocycles. The van der Waals surface area contributed by atoms with Crippen LogP contribution in [0.1, 0.15) is 13.3 Å². The number of likely N-dealkylation sites (N-methyl/N-ethyl adjacent to an activating group) is 1. The number of allylic oxidation sites excluding steroid dienone is 2. The minimum atomic E-state index is 0.913. The van der Waals surface area contributed by atoms with E-state index < -0.39 is 0 Å². The van der Waals surface area contributed by atoms with Crippen molar-refractivity contribution in [2.45, 2.75) is 13.3 Å². The molecule has 74 valence electrons. The molecular formula is C11H20N2. The minimum absolute atomic E-state index is 0.913. The summed E-state index contributed by atoms with van der Waals surface area (Å²) in [6.07, 6.45) is 11.0. The molecule has 0 rings (SSSR count). The number of nitrogens with zero attached hydrogens (tertiary/aromatic N) is 1. The molecule has 13 heavy (non-hydrogen) atoms. The van der Waals surface area contributed by atoms with Crippen LogP contribution in [0.5, 0.6) is 0 Å². The topological polar surface area (TPSA) is 15.3 Å². The Bertz CT molecular complexity index is 171. The second kappa shape index (κ2) is 8.91. The molecule has 0 aromatic carbocycles. The van der Waals surface area contributed by atoms with Crippen molar-refractivity contribution in [3.63, 3.8) is 0 Å². The third-order valence-corrected chi connectivity index (χ3v) is 1.51. The molecule has 0 aliphatic rings. The predicted molar refractivity (Wildman–Crippen MR) is 59.4 cm³/mol. The second-order valence-corrected chi connectivity index (χ2v) is 2.87. The Morgan fingerprint density at radius 3 is 2.85 bits per heavy atom. The number of nitrogens with one attached hydrogen (secondary N) is 1. The van der Waals surface area contributed by atoms with Gasteiger partial charge in [0, 0.05) is 32.5 Å². The smallest absolute Gasteiger partial charge is 0.0354 e. The first-order valence-electron chi connectivity index (χ1n) is 4.69. The van der Waals surface area contributed by atoms with Crippen molar-refractivity contribution in [2.24, 2.45) is 0 Å². The van der Waals surface area contributed by atoms with Crippen LogP contribution in [0, 0.1) is 0 Å². The molecule has 2 nitrogen and oxygen atoms in total. The fourth-order valence-corrected chi connectivity index (χ4v) is 0.792. The normalized spacial score (nSPS) is 10.9. The van der Waals surface area contributed by atoms with E-state index in [1.165, 1.54) is 0 Å². The average molecular weight is 180 g/mol. The molecule has 0 saturated carbocycles. The van der Waals surface area contributed by atoms with Crippen LogP contribution in [0.25, 0.3) is 0 Å². The van der Waals surface area contributed by atoms with E-state index in [2.05, 4.69) is 29.8 Å². The number of rotatable bonds is 7. The van der Waals surface area contributed by atoms with E-state index in [-0.39, 0.29) is 0 Å². The van der Waals surface area contributed by atoms with Gasteiger partial charge in [0.25, 0.3) is 0 Å². The molecule has 0 fully saturated rings. The third-order valence-electron chi connectivity index (χ3n) is 1.51. The lowest BCUT2D eigenvalue weighted by Crippen LogP contribution is -2.13. The van der Waals surface area contributed by atoms with E-state index in [1.807, 2.05) is 25.5 Å². The number of hydrogen-bond donors (Lipinski definition) is 1. The summed E-state index contributed by atoms with van der Waals surface area (Å²) in [4.78, 5) is 2.10. The fourth-order valence-electron chi connectivity index (χ4n) is 0.792. The first-order valence-corrected chi connectivity index (χ1v) is 4.69. The molecule has 0 atom stereocenters. The molecule has 0 amide bonds. The van der Waals surface area contributed by atoms with Crippen LogP contribution in [0.3, 0.4) is 0 Å². The van der Waals surface area contributed by atoms with Gasteiger partial charge in [-0.05, 0) is 6.42 Å². The standard InChI is InChI=1S/C11H20N2/c1-4-6-7-10-13(3)11-9-12-8-5-2/h4,6-7,9,11-12H,1,5,8,10H2,2-3H3/b7-6-,11-9-. The lowest BCUT2D eigenvalue weighted by Gasteiger charge is -2.10. The molecule has 2 heteroatoms. The molecule has 0 heterocycles. The van der Waals surface area contributed by atoms with Gasteiger partial charge in [0.1, 0.15) is 0 Å². The highest BCUT2D eigenvalue weighted by Crippen LogP contribution is 1.84. The van der Waals surface area contributed by atoms with E-state index in [1.54, 1.807) is 6.08 Å². The molecule has 1 N–H and O–H groups in total. The Kier molecular flexibility index (Phi) is 8.10. The van der Waals surface area contributed by atoms with Gasteiger partial charge in [-0.25, -0.2) is 0 Å². The molecule has 0 saturated heterocycles. The van der Waals surface area contributed by atoms with Crippen LogP contribution in [-0.2, 0) is 0 Å². The van der Waals surface area contributed by atoms with Gasteiger partial charge in [0.2, 0.25) is 0 Å². The van der Waals surface area contributed by atoms with Gasteiger partial charge in [-0.15, -0.1) is 0 Å². The zero-order valence-corrected chi connectivity index (χ0v) is 8.66. The summed E-state index contributed by atoms with van der Waals surface area (Å²) in [6.45, 7) is 7.71. The van der Waals surface area contributed by atoms with E-state index in [0.29, 0.717) is 0 Å². The summed E-state index contributed by atoms with van der Waals surface area (Å²) in [5, 5.41) is 3.19. The van der Waals surface area contributed by atoms with Crippen LogP contribution >= 0.6 is 0 Å². The highest BCUT2D eigenvalue weighted by atomic mass is 15.1. The van der Waals surface area contributed by atoms with Crippen molar-refractivity contribution in [1.82, 2.24) is 10.2 Å². The maximum Gasteiger partial charge on any atom is 0.0354 e. The van der Waals surface area contributed by atoms with Gasteiger partial charge in [0.15, 0.2) is 0 Å². The second-order valence-electron chi connectivity index (χ2n) is 2.87. The summed E-state index contributed by atoms with van der Waals surface area (Å²) < 4.78 is 0. The highest BCUT2D eigenvalue weighted by Gasteiger charge is 1.83.